The minimum absolute atomic E-state index is 0.123. The average Bonchev–Trinajstić information content (AvgIpc) is 2.16. The third kappa shape index (κ3) is 3.65. The van der Waals surface area contributed by atoms with E-state index in [4.69, 9.17) is 4.74 Å². The fourth-order valence-corrected chi connectivity index (χ4v) is 3.52. The van der Waals surface area contributed by atoms with Crippen LogP contribution in [-0.4, -0.2) is 42.4 Å². The molecular weight excluding hydrogens is 214 g/mol. The molecule has 1 fully saturated rings. The maximum atomic E-state index is 10.7. The van der Waals surface area contributed by atoms with Crippen LogP contribution >= 0.6 is 0 Å². The maximum absolute atomic E-state index is 10.7. The highest BCUT2D eigenvalue weighted by Crippen LogP contribution is 2.29. The van der Waals surface area contributed by atoms with Crippen molar-refractivity contribution < 1.29 is 9.66 Å². The fourth-order valence-electron chi connectivity index (χ4n) is 2.32. The summed E-state index contributed by atoms with van der Waals surface area (Å²) in [7, 11) is 2.05. The Balaban J connectivity index is 2.56. The van der Waals surface area contributed by atoms with Crippen molar-refractivity contribution >= 4 is 10.9 Å². The van der Waals surface area contributed by atoms with Crippen molar-refractivity contribution in [3.8, 4) is 0 Å². The molecule has 0 spiro atoms. The van der Waals surface area contributed by atoms with Gasteiger partial charge in [0.1, 0.15) is 5.75 Å². The summed E-state index contributed by atoms with van der Waals surface area (Å²) < 4.78 is 5.41. The molecule has 1 saturated carbocycles. The molecule has 0 aromatic rings. The monoisotopic (exact) mass is 234 g/mol. The highest BCUT2D eigenvalue weighted by atomic mass is 32.2. The van der Waals surface area contributed by atoms with Crippen LogP contribution in [0.1, 0.15) is 19.3 Å². The van der Waals surface area contributed by atoms with Crippen molar-refractivity contribution in [1.29, 1.82) is 0 Å². The Bertz CT molecular complexity index is 223. The molecule has 0 heterocycles. The number of ether oxygens (including phenoxy) is 1. The van der Waals surface area contributed by atoms with Gasteiger partial charge in [-0.05, 0) is 17.3 Å². The van der Waals surface area contributed by atoms with E-state index in [0.717, 1.165) is 12.2 Å². The van der Waals surface area contributed by atoms with Crippen LogP contribution in [0.15, 0.2) is 0 Å². The molecule has 0 bridgehead atoms. The molecule has 0 amide bonds. The van der Waals surface area contributed by atoms with E-state index in [-0.39, 0.29) is 17.1 Å². The second-order valence-corrected chi connectivity index (χ2v) is 6.74. The Morgan fingerprint density at radius 2 is 2.13 bits per heavy atom. The van der Waals surface area contributed by atoms with Crippen LogP contribution in [-0.2, 0) is 15.6 Å². The van der Waals surface area contributed by atoms with Gasteiger partial charge in [-0.2, -0.15) is 0 Å². The smallest absolute Gasteiger partial charge is 0.213 e. The van der Waals surface area contributed by atoms with Gasteiger partial charge in [0.25, 0.3) is 0 Å². The van der Waals surface area contributed by atoms with Crippen LogP contribution in [0.25, 0.3) is 0 Å². The van der Waals surface area contributed by atoms with Crippen LogP contribution in [0.2, 0.25) is 0 Å². The van der Waals surface area contributed by atoms with Gasteiger partial charge in [0, 0.05) is 30.8 Å². The zero-order valence-corrected chi connectivity index (χ0v) is 10.5. The van der Waals surface area contributed by atoms with Crippen molar-refractivity contribution in [2.24, 2.45) is 5.92 Å². The molecule has 1 rings (SSSR count). The van der Waals surface area contributed by atoms with Crippen LogP contribution in [0, 0.1) is 16.0 Å². The van der Waals surface area contributed by atoms with Crippen molar-refractivity contribution in [1.82, 2.24) is 0 Å². The van der Waals surface area contributed by atoms with Crippen molar-refractivity contribution in [2.75, 3.05) is 25.4 Å². The number of methoxy groups -OCH3 is 1. The van der Waals surface area contributed by atoms with Gasteiger partial charge in [0.15, 0.2) is 0 Å². The number of rotatable bonds is 4. The molecule has 15 heavy (non-hydrogen) atoms. The summed E-state index contributed by atoms with van der Waals surface area (Å²) in [5.41, 5.74) is 0. The molecule has 0 radical (unpaired) electrons. The Morgan fingerprint density at radius 1 is 1.47 bits per heavy atom. The van der Waals surface area contributed by atoms with E-state index in [0.29, 0.717) is 29.7 Å². The van der Waals surface area contributed by atoms with Gasteiger partial charge in [0.05, 0.1) is 18.6 Å². The standard InChI is InChI=1S/C10H20NO3S/c1-14-10-5-4-9(11(12)13)6-8(10)7-15(2)3/h8-10H,4-7H2,1-3H3/q+1. The second-order valence-electron chi connectivity index (χ2n) is 4.44. The topological polar surface area (TPSA) is 52.4 Å². The first kappa shape index (κ1) is 12.8. The van der Waals surface area contributed by atoms with E-state index in [9.17, 15) is 10.1 Å². The molecule has 3 atom stereocenters. The first-order valence-electron chi connectivity index (χ1n) is 5.25. The summed E-state index contributed by atoms with van der Waals surface area (Å²) in [6.07, 6.45) is 6.80. The summed E-state index contributed by atoms with van der Waals surface area (Å²) in [6, 6.07) is -0.343. The van der Waals surface area contributed by atoms with Gasteiger partial charge in [-0.25, -0.2) is 0 Å². The van der Waals surface area contributed by atoms with Gasteiger partial charge in [0.2, 0.25) is 6.04 Å². The van der Waals surface area contributed by atoms with Crippen molar-refractivity contribution in [3.63, 3.8) is 0 Å². The molecule has 0 aromatic heterocycles. The van der Waals surface area contributed by atoms with E-state index in [1.165, 1.54) is 0 Å². The number of hydrogen-bond acceptors (Lipinski definition) is 3. The van der Waals surface area contributed by atoms with Gasteiger partial charge in [-0.3, -0.25) is 10.1 Å². The summed E-state index contributed by atoms with van der Waals surface area (Å²) in [6.45, 7) is 0. The summed E-state index contributed by atoms with van der Waals surface area (Å²) in [4.78, 5) is 10.6. The van der Waals surface area contributed by atoms with E-state index >= 15 is 0 Å². The van der Waals surface area contributed by atoms with E-state index in [2.05, 4.69) is 12.5 Å². The number of nitro groups is 1. The summed E-state index contributed by atoms with van der Waals surface area (Å²) in [5, 5.41) is 10.7. The predicted molar refractivity (Wildman–Crippen MR) is 63.0 cm³/mol. The van der Waals surface area contributed by atoms with Crippen LogP contribution in [0.3, 0.4) is 0 Å². The molecular formula is C10H20NO3S+. The molecule has 0 saturated heterocycles. The van der Waals surface area contributed by atoms with E-state index < -0.39 is 0 Å². The zero-order valence-electron chi connectivity index (χ0n) is 9.64. The van der Waals surface area contributed by atoms with Crippen LogP contribution in [0.4, 0.5) is 0 Å². The minimum atomic E-state index is -0.343. The lowest BCUT2D eigenvalue weighted by atomic mass is 9.84. The van der Waals surface area contributed by atoms with Gasteiger partial charge >= 0.3 is 0 Å². The molecule has 3 unspecified atom stereocenters. The Hall–Kier alpha value is -0.290. The highest BCUT2D eigenvalue weighted by Gasteiger charge is 2.38. The quantitative estimate of drug-likeness (QED) is 0.419. The summed E-state index contributed by atoms with van der Waals surface area (Å²) >= 11 is 0. The molecule has 5 heteroatoms. The number of nitrogens with zero attached hydrogens (tertiary/aromatic N) is 1. The van der Waals surface area contributed by atoms with E-state index in [1.54, 1.807) is 7.11 Å². The molecule has 1 aliphatic carbocycles. The van der Waals surface area contributed by atoms with Crippen LogP contribution < -0.4 is 0 Å². The van der Waals surface area contributed by atoms with Gasteiger partial charge < -0.3 is 4.74 Å². The molecule has 0 N–H and O–H groups in total. The zero-order chi connectivity index (χ0) is 11.4. The Kier molecular flexibility index (Phi) is 4.86. The molecule has 0 aromatic carbocycles. The molecule has 0 aliphatic heterocycles. The minimum Gasteiger partial charge on any atom is -0.381 e. The number of hydrogen-bond donors (Lipinski definition) is 0. The summed E-state index contributed by atoms with van der Waals surface area (Å²) in [5.74, 6) is 1.43. The fraction of sp³-hybridized carbons (Fsp3) is 1.00. The Labute approximate surface area is 93.9 Å². The molecule has 88 valence electrons. The van der Waals surface area contributed by atoms with Crippen molar-refractivity contribution in [2.45, 2.75) is 31.4 Å². The molecule has 1 aliphatic rings. The lowest BCUT2D eigenvalue weighted by Crippen LogP contribution is -2.39. The van der Waals surface area contributed by atoms with Gasteiger partial charge in [-0.1, -0.05) is 0 Å². The van der Waals surface area contributed by atoms with Crippen molar-refractivity contribution in [3.05, 3.63) is 10.1 Å². The third-order valence-corrected chi connectivity index (χ3v) is 4.13. The largest absolute Gasteiger partial charge is 0.381 e. The second kappa shape index (κ2) is 5.70. The first-order chi connectivity index (χ1) is 7.04. The first-order valence-corrected chi connectivity index (χ1v) is 7.46. The maximum Gasteiger partial charge on any atom is 0.213 e. The van der Waals surface area contributed by atoms with Crippen LogP contribution in [0.5, 0.6) is 0 Å². The predicted octanol–water partition coefficient (Wildman–Crippen LogP) is 1.32. The normalized spacial score (nSPS) is 31.9. The highest BCUT2D eigenvalue weighted by molar-refractivity contribution is 7.95. The molecule has 4 nitrogen and oxygen atoms in total. The Morgan fingerprint density at radius 3 is 2.60 bits per heavy atom. The van der Waals surface area contributed by atoms with E-state index in [1.807, 2.05) is 0 Å². The van der Waals surface area contributed by atoms with Gasteiger partial charge in [-0.15, -0.1) is 0 Å². The average molecular weight is 234 g/mol. The lowest BCUT2D eigenvalue weighted by molar-refractivity contribution is -0.529. The third-order valence-electron chi connectivity index (χ3n) is 3.03. The SMILES string of the molecule is COC1CCC([N+](=O)[O-])CC1C[S+](C)C. The lowest BCUT2D eigenvalue weighted by Gasteiger charge is -2.30.